The van der Waals surface area contributed by atoms with Crippen LogP contribution in [0.15, 0.2) is 17.0 Å². The van der Waals surface area contributed by atoms with Crippen LogP contribution in [0.2, 0.25) is 0 Å². The maximum absolute atomic E-state index is 12.5. The minimum Gasteiger partial charge on any atom is -0.548 e. The standard InChI is InChI=1S/C16H17NO6S2/c1-8(15(19)20)17-14(18)12(25-16(17)24)7-9-5-10(21-2)13(23-4)11(6-9)22-3/h5-8H,1-4H3,(H,19,20)/p-1/b12-7-/t8-/m0/s1. The predicted molar refractivity (Wildman–Crippen MR) is 95.6 cm³/mol. The minimum atomic E-state index is -1.37. The summed E-state index contributed by atoms with van der Waals surface area (Å²) >= 11 is 6.13. The van der Waals surface area contributed by atoms with Gasteiger partial charge in [0.2, 0.25) is 5.75 Å². The number of amides is 1. The molecule has 0 unspecified atom stereocenters. The average Bonchev–Trinajstić information content (AvgIpc) is 2.86. The lowest BCUT2D eigenvalue weighted by molar-refractivity contribution is -0.309. The van der Waals surface area contributed by atoms with Gasteiger partial charge in [-0.1, -0.05) is 24.0 Å². The van der Waals surface area contributed by atoms with Crippen molar-refractivity contribution in [2.24, 2.45) is 0 Å². The summed E-state index contributed by atoms with van der Waals surface area (Å²) in [5.74, 6) is -0.551. The summed E-state index contributed by atoms with van der Waals surface area (Å²) in [5.41, 5.74) is 0.621. The number of hydrogen-bond acceptors (Lipinski definition) is 8. The van der Waals surface area contributed by atoms with E-state index in [1.165, 1.54) is 28.3 Å². The minimum absolute atomic E-state index is 0.167. The number of nitrogens with zero attached hydrogens (tertiary/aromatic N) is 1. The van der Waals surface area contributed by atoms with E-state index >= 15 is 0 Å². The molecule has 1 heterocycles. The number of carbonyl (C=O) groups excluding carboxylic acids is 2. The SMILES string of the molecule is COc1cc(/C=C2\SC(=S)N([C@@H](C)C(=O)[O-])C2=O)cc(OC)c1OC. The number of benzene rings is 1. The van der Waals surface area contributed by atoms with Gasteiger partial charge in [0.1, 0.15) is 4.32 Å². The Bertz CT molecular complexity index is 736. The Kier molecular flexibility index (Phi) is 5.91. The molecule has 134 valence electrons. The van der Waals surface area contributed by atoms with Crippen LogP contribution in [0.5, 0.6) is 17.2 Å². The van der Waals surface area contributed by atoms with E-state index < -0.39 is 17.9 Å². The molecular formula is C16H16NO6S2-. The summed E-state index contributed by atoms with van der Waals surface area (Å²) in [6.07, 6.45) is 1.59. The fraction of sp³-hybridized carbons (Fsp3) is 0.312. The van der Waals surface area contributed by atoms with Crippen molar-refractivity contribution >= 4 is 46.3 Å². The van der Waals surface area contributed by atoms with Crippen molar-refractivity contribution in [1.82, 2.24) is 4.90 Å². The third-order valence-corrected chi connectivity index (χ3v) is 4.87. The van der Waals surface area contributed by atoms with Crippen LogP contribution in [0.25, 0.3) is 6.08 Å². The molecule has 0 saturated carbocycles. The van der Waals surface area contributed by atoms with Gasteiger partial charge in [-0.3, -0.25) is 9.69 Å². The van der Waals surface area contributed by atoms with Crippen LogP contribution in [0, 0.1) is 0 Å². The van der Waals surface area contributed by atoms with E-state index in [0.29, 0.717) is 27.7 Å². The normalized spacial score (nSPS) is 17.0. The number of rotatable bonds is 6. The van der Waals surface area contributed by atoms with Gasteiger partial charge in [0.05, 0.1) is 38.2 Å². The Morgan fingerprint density at radius 2 is 1.80 bits per heavy atom. The van der Waals surface area contributed by atoms with E-state index in [-0.39, 0.29) is 4.32 Å². The van der Waals surface area contributed by atoms with Crippen molar-refractivity contribution in [2.75, 3.05) is 21.3 Å². The van der Waals surface area contributed by atoms with Gasteiger partial charge in [-0.25, -0.2) is 0 Å². The molecule has 0 radical (unpaired) electrons. The van der Waals surface area contributed by atoms with Crippen molar-refractivity contribution in [3.05, 3.63) is 22.6 Å². The number of carboxylic acid groups (broad SMARTS) is 1. The average molecular weight is 382 g/mol. The molecule has 1 amide bonds. The zero-order valence-corrected chi connectivity index (χ0v) is 15.7. The monoisotopic (exact) mass is 382 g/mol. The molecule has 7 nitrogen and oxygen atoms in total. The second-order valence-electron chi connectivity index (χ2n) is 5.01. The topological polar surface area (TPSA) is 88.1 Å². The summed E-state index contributed by atoms with van der Waals surface area (Å²) in [6, 6.07) is 2.21. The van der Waals surface area contributed by atoms with Crippen molar-refractivity contribution in [2.45, 2.75) is 13.0 Å². The molecule has 2 rings (SSSR count). The van der Waals surface area contributed by atoms with E-state index in [4.69, 9.17) is 26.4 Å². The molecular weight excluding hydrogens is 366 g/mol. The van der Waals surface area contributed by atoms with Gasteiger partial charge in [0, 0.05) is 0 Å². The van der Waals surface area contributed by atoms with Crippen LogP contribution in [-0.4, -0.2) is 48.5 Å². The maximum Gasteiger partial charge on any atom is 0.266 e. The van der Waals surface area contributed by atoms with Crippen LogP contribution < -0.4 is 19.3 Å². The van der Waals surface area contributed by atoms with Crippen LogP contribution >= 0.6 is 24.0 Å². The van der Waals surface area contributed by atoms with Crippen LogP contribution in [0.4, 0.5) is 0 Å². The fourth-order valence-corrected chi connectivity index (χ4v) is 3.67. The zero-order valence-electron chi connectivity index (χ0n) is 14.0. The van der Waals surface area contributed by atoms with Gasteiger partial charge >= 0.3 is 0 Å². The molecule has 1 aliphatic heterocycles. The highest BCUT2D eigenvalue weighted by atomic mass is 32.2. The third-order valence-electron chi connectivity index (χ3n) is 3.54. The number of carboxylic acids is 1. The highest BCUT2D eigenvalue weighted by Gasteiger charge is 2.35. The maximum atomic E-state index is 12.5. The van der Waals surface area contributed by atoms with Gasteiger partial charge in [-0.15, -0.1) is 0 Å². The lowest BCUT2D eigenvalue weighted by Gasteiger charge is -2.23. The van der Waals surface area contributed by atoms with E-state index in [1.807, 2.05) is 0 Å². The van der Waals surface area contributed by atoms with Gasteiger partial charge in [0.25, 0.3) is 5.91 Å². The summed E-state index contributed by atoms with van der Waals surface area (Å²) in [4.78, 5) is 24.8. The van der Waals surface area contributed by atoms with Crippen molar-refractivity contribution < 1.29 is 28.9 Å². The lowest BCUT2D eigenvalue weighted by atomic mass is 10.1. The Labute approximate surface area is 154 Å². The second kappa shape index (κ2) is 7.75. The van der Waals surface area contributed by atoms with Gasteiger partial charge in [-0.05, 0) is 30.7 Å². The van der Waals surface area contributed by atoms with E-state index in [1.54, 1.807) is 18.2 Å². The Morgan fingerprint density at radius 3 is 2.24 bits per heavy atom. The van der Waals surface area contributed by atoms with Gasteiger partial charge in [-0.2, -0.15) is 0 Å². The molecule has 1 atom stereocenters. The van der Waals surface area contributed by atoms with E-state index in [9.17, 15) is 14.7 Å². The first-order chi connectivity index (χ1) is 11.8. The highest BCUT2D eigenvalue weighted by Crippen LogP contribution is 2.40. The zero-order chi connectivity index (χ0) is 18.7. The molecule has 1 fully saturated rings. The van der Waals surface area contributed by atoms with Crippen molar-refractivity contribution in [3.63, 3.8) is 0 Å². The van der Waals surface area contributed by atoms with Gasteiger partial charge < -0.3 is 24.1 Å². The Balaban J connectivity index is 2.43. The van der Waals surface area contributed by atoms with Crippen LogP contribution in [0.1, 0.15) is 12.5 Å². The third kappa shape index (κ3) is 3.72. The molecule has 0 bridgehead atoms. The summed E-state index contributed by atoms with van der Waals surface area (Å²) < 4.78 is 16.0. The first-order valence-electron chi connectivity index (χ1n) is 7.12. The second-order valence-corrected chi connectivity index (χ2v) is 6.68. The molecule has 0 aliphatic carbocycles. The van der Waals surface area contributed by atoms with Crippen molar-refractivity contribution in [3.8, 4) is 17.2 Å². The number of carbonyl (C=O) groups is 2. The summed E-state index contributed by atoms with van der Waals surface area (Å²) in [6.45, 7) is 1.35. The molecule has 9 heteroatoms. The van der Waals surface area contributed by atoms with E-state index in [0.717, 1.165) is 16.7 Å². The number of aliphatic carboxylic acids is 1. The largest absolute Gasteiger partial charge is 0.548 e. The van der Waals surface area contributed by atoms with Gasteiger partial charge in [0.15, 0.2) is 11.5 Å². The fourth-order valence-electron chi connectivity index (χ4n) is 2.26. The number of methoxy groups -OCH3 is 3. The molecule has 1 aromatic rings. The smallest absolute Gasteiger partial charge is 0.266 e. The number of thioether (sulfide) groups is 1. The first-order valence-corrected chi connectivity index (χ1v) is 8.34. The molecule has 25 heavy (non-hydrogen) atoms. The quantitative estimate of drug-likeness (QED) is 0.533. The first kappa shape index (κ1) is 19.1. The molecule has 0 aromatic heterocycles. The lowest BCUT2D eigenvalue weighted by Crippen LogP contribution is -2.48. The molecule has 0 spiro atoms. The molecule has 1 aromatic carbocycles. The number of hydrogen-bond donors (Lipinski definition) is 0. The van der Waals surface area contributed by atoms with Crippen LogP contribution in [-0.2, 0) is 9.59 Å². The van der Waals surface area contributed by atoms with Crippen LogP contribution in [0.3, 0.4) is 0 Å². The van der Waals surface area contributed by atoms with E-state index in [2.05, 4.69) is 0 Å². The highest BCUT2D eigenvalue weighted by molar-refractivity contribution is 8.26. The molecule has 1 saturated heterocycles. The molecule has 1 aliphatic rings. The predicted octanol–water partition coefficient (Wildman–Crippen LogP) is 1.05. The summed E-state index contributed by atoms with van der Waals surface area (Å²) in [7, 11) is 4.47. The Morgan fingerprint density at radius 1 is 1.24 bits per heavy atom. The van der Waals surface area contributed by atoms with Crippen molar-refractivity contribution in [1.29, 1.82) is 0 Å². The number of ether oxygens (including phenoxy) is 3. The molecule has 0 N–H and O–H groups in total. The summed E-state index contributed by atoms with van der Waals surface area (Å²) in [5, 5.41) is 11.0. The number of thiocarbonyl (C=S) groups is 1. The Hall–Kier alpha value is -2.26.